The first kappa shape index (κ1) is 17.2. The Hall–Kier alpha value is -3.25. The summed E-state index contributed by atoms with van der Waals surface area (Å²) < 4.78 is 16.7. The van der Waals surface area contributed by atoms with Gasteiger partial charge in [-0.1, -0.05) is 42.5 Å². The summed E-state index contributed by atoms with van der Waals surface area (Å²) in [6.07, 6.45) is 3.76. The summed E-state index contributed by atoms with van der Waals surface area (Å²) in [5.41, 5.74) is 4.25. The molecule has 0 radical (unpaired) electrons. The van der Waals surface area contributed by atoms with Crippen molar-refractivity contribution in [3.05, 3.63) is 95.7 Å². The first-order valence-corrected chi connectivity index (χ1v) is 8.79. The van der Waals surface area contributed by atoms with Crippen LogP contribution >= 0.6 is 0 Å². The second-order valence-corrected chi connectivity index (χ2v) is 6.36. The highest BCUT2D eigenvalue weighted by Gasteiger charge is 2.23. The zero-order chi connectivity index (χ0) is 18.6. The fourth-order valence-electron chi connectivity index (χ4n) is 3.39. The van der Waals surface area contributed by atoms with E-state index in [0.717, 1.165) is 22.5 Å². The van der Waals surface area contributed by atoms with Gasteiger partial charge in [0.25, 0.3) is 0 Å². The van der Waals surface area contributed by atoms with Crippen LogP contribution in [0.2, 0.25) is 0 Å². The van der Waals surface area contributed by atoms with Crippen molar-refractivity contribution in [2.45, 2.75) is 12.6 Å². The lowest BCUT2D eigenvalue weighted by atomic mass is 10.0. The van der Waals surface area contributed by atoms with Crippen molar-refractivity contribution in [3.8, 4) is 11.3 Å². The molecule has 2 aromatic heterocycles. The molecule has 0 aliphatic carbocycles. The molecule has 6 heteroatoms. The van der Waals surface area contributed by atoms with Crippen LogP contribution < -0.4 is 5.32 Å². The van der Waals surface area contributed by atoms with Gasteiger partial charge in [0.2, 0.25) is 0 Å². The van der Waals surface area contributed by atoms with E-state index in [0.29, 0.717) is 12.1 Å². The fraction of sp³-hybridized carbons (Fsp3) is 0.143. The Morgan fingerprint density at radius 2 is 1.89 bits per heavy atom. The Morgan fingerprint density at radius 3 is 2.59 bits per heavy atom. The topological polar surface area (TPSA) is 58.5 Å². The molecular weight excluding hydrogens is 341 g/mol. The molecule has 0 saturated carbocycles. The van der Waals surface area contributed by atoms with Gasteiger partial charge in [0.1, 0.15) is 17.6 Å². The summed E-state index contributed by atoms with van der Waals surface area (Å²) in [5.74, 6) is -0.250. The van der Waals surface area contributed by atoms with Gasteiger partial charge in [-0.3, -0.25) is 0 Å². The molecule has 0 bridgehead atoms. The maximum Gasteiger partial charge on any atom is 0.132 e. The van der Waals surface area contributed by atoms with Crippen LogP contribution in [-0.2, 0) is 6.54 Å². The van der Waals surface area contributed by atoms with Crippen molar-refractivity contribution in [1.29, 1.82) is 0 Å². The number of hydrogen-bond acceptors (Lipinski definition) is 3. The Morgan fingerprint density at radius 1 is 1.11 bits per heavy atom. The van der Waals surface area contributed by atoms with Gasteiger partial charge in [-0.15, -0.1) is 0 Å². The number of rotatable bonds is 6. The molecule has 4 aromatic rings. The molecule has 27 heavy (non-hydrogen) atoms. The van der Waals surface area contributed by atoms with Gasteiger partial charge in [0.05, 0.1) is 11.9 Å². The molecule has 5 nitrogen and oxygen atoms in total. The summed E-state index contributed by atoms with van der Waals surface area (Å²) in [6.45, 7) is 0.689. The Balaban J connectivity index is 1.93. The van der Waals surface area contributed by atoms with E-state index in [-0.39, 0.29) is 11.9 Å². The van der Waals surface area contributed by atoms with Gasteiger partial charge in [0.15, 0.2) is 0 Å². The van der Waals surface area contributed by atoms with Gasteiger partial charge >= 0.3 is 0 Å². The number of nitrogens with one attached hydrogen (secondary N) is 2. The maximum atomic E-state index is 14.6. The number of hydrogen-bond donors (Lipinski definition) is 2. The second-order valence-electron chi connectivity index (χ2n) is 6.36. The van der Waals surface area contributed by atoms with Crippen molar-refractivity contribution < 1.29 is 4.39 Å². The molecule has 0 fully saturated rings. The quantitative estimate of drug-likeness (QED) is 0.550. The number of halogens is 1. The van der Waals surface area contributed by atoms with Crippen molar-refractivity contribution >= 4 is 0 Å². The number of aromatic amines is 1. The lowest BCUT2D eigenvalue weighted by molar-refractivity contribution is 0.622. The van der Waals surface area contributed by atoms with Gasteiger partial charge < -0.3 is 9.88 Å². The minimum Gasteiger partial charge on any atom is -0.334 e. The molecule has 1 atom stereocenters. The zero-order valence-electron chi connectivity index (χ0n) is 14.9. The number of aromatic nitrogens is 4. The Labute approximate surface area is 156 Å². The second kappa shape index (κ2) is 7.55. The van der Waals surface area contributed by atoms with E-state index in [9.17, 15) is 4.39 Å². The van der Waals surface area contributed by atoms with Crippen LogP contribution in [0.4, 0.5) is 4.39 Å². The predicted molar refractivity (Wildman–Crippen MR) is 103 cm³/mol. The van der Waals surface area contributed by atoms with Crippen LogP contribution in [-0.4, -0.2) is 27.0 Å². The Kier molecular flexibility index (Phi) is 4.80. The average Bonchev–Trinajstić information content (AvgIpc) is 3.35. The number of benzene rings is 2. The summed E-state index contributed by atoms with van der Waals surface area (Å²) in [4.78, 5) is 0. The first-order valence-electron chi connectivity index (χ1n) is 8.79. The molecule has 0 saturated heterocycles. The predicted octanol–water partition coefficient (Wildman–Crippen LogP) is 3.77. The first-order chi connectivity index (χ1) is 13.3. The molecular formula is C21H20FN5. The van der Waals surface area contributed by atoms with Crippen LogP contribution in [0, 0.1) is 5.82 Å². The molecule has 0 amide bonds. The average molecular weight is 361 g/mol. The van der Waals surface area contributed by atoms with E-state index in [1.807, 2.05) is 55.7 Å². The molecule has 0 spiro atoms. The third-order valence-corrected chi connectivity index (χ3v) is 4.54. The molecule has 4 rings (SSSR count). The minimum absolute atomic E-state index is 0.217. The smallest absolute Gasteiger partial charge is 0.132 e. The SMILES string of the molecule is CNCc1cc(-c2ccccc2F)n(C(c2ccccc2)c2cn[nH]n2)c1. The fourth-order valence-corrected chi connectivity index (χ4v) is 3.39. The van der Waals surface area contributed by atoms with Crippen LogP contribution in [0.15, 0.2) is 73.1 Å². The van der Waals surface area contributed by atoms with E-state index in [1.165, 1.54) is 6.07 Å². The van der Waals surface area contributed by atoms with Crippen molar-refractivity contribution in [2.75, 3.05) is 7.05 Å². The molecule has 2 N–H and O–H groups in total. The monoisotopic (exact) mass is 361 g/mol. The molecule has 0 aliphatic rings. The molecule has 2 heterocycles. The van der Waals surface area contributed by atoms with Gasteiger partial charge in [-0.25, -0.2) is 4.39 Å². The molecule has 136 valence electrons. The van der Waals surface area contributed by atoms with Crippen molar-refractivity contribution in [1.82, 2.24) is 25.3 Å². The van der Waals surface area contributed by atoms with Crippen LogP contribution in [0.1, 0.15) is 22.9 Å². The van der Waals surface area contributed by atoms with Crippen molar-refractivity contribution in [3.63, 3.8) is 0 Å². The van der Waals surface area contributed by atoms with E-state index in [4.69, 9.17) is 0 Å². The third-order valence-electron chi connectivity index (χ3n) is 4.54. The third kappa shape index (κ3) is 3.39. The van der Waals surface area contributed by atoms with E-state index < -0.39 is 0 Å². The number of nitrogens with zero attached hydrogens (tertiary/aromatic N) is 3. The van der Waals surface area contributed by atoms with E-state index >= 15 is 0 Å². The standard InChI is InChI=1S/C21H20FN5/c1-23-12-15-11-20(17-9-5-6-10-18(17)22)27(14-15)21(19-13-24-26-25-19)16-7-3-2-4-8-16/h2-11,13-14,21,23H,12H2,1H3,(H,24,25,26). The lowest BCUT2D eigenvalue weighted by Crippen LogP contribution is -2.13. The highest BCUT2D eigenvalue weighted by atomic mass is 19.1. The van der Waals surface area contributed by atoms with Crippen molar-refractivity contribution in [2.24, 2.45) is 0 Å². The number of H-pyrrole nitrogens is 1. The van der Waals surface area contributed by atoms with Gasteiger partial charge in [0, 0.05) is 18.3 Å². The lowest BCUT2D eigenvalue weighted by Gasteiger charge is -2.20. The van der Waals surface area contributed by atoms with Gasteiger partial charge in [-0.05, 0) is 36.4 Å². The van der Waals surface area contributed by atoms with Crippen LogP contribution in [0.5, 0.6) is 0 Å². The van der Waals surface area contributed by atoms with Crippen LogP contribution in [0.3, 0.4) is 0 Å². The summed E-state index contributed by atoms with van der Waals surface area (Å²) in [7, 11) is 1.90. The normalized spacial score (nSPS) is 12.2. The maximum absolute atomic E-state index is 14.6. The van der Waals surface area contributed by atoms with E-state index in [2.05, 4.69) is 25.3 Å². The van der Waals surface area contributed by atoms with Gasteiger partial charge in [-0.2, -0.15) is 15.4 Å². The molecule has 0 aliphatic heterocycles. The summed E-state index contributed by atoms with van der Waals surface area (Å²) >= 11 is 0. The Bertz CT molecular complexity index is 1010. The highest BCUT2D eigenvalue weighted by molar-refractivity contribution is 5.63. The minimum atomic E-state index is -0.250. The van der Waals surface area contributed by atoms with E-state index in [1.54, 1.807) is 18.3 Å². The largest absolute Gasteiger partial charge is 0.334 e. The highest BCUT2D eigenvalue weighted by Crippen LogP contribution is 2.33. The summed E-state index contributed by atoms with van der Waals surface area (Å²) in [6, 6.07) is 18.7. The van der Waals surface area contributed by atoms with Crippen LogP contribution in [0.25, 0.3) is 11.3 Å². The molecule has 2 aromatic carbocycles. The zero-order valence-corrected chi connectivity index (χ0v) is 14.9. The molecule has 1 unspecified atom stereocenters. The summed E-state index contributed by atoms with van der Waals surface area (Å²) in [5, 5.41) is 14.2.